The van der Waals surface area contributed by atoms with Crippen molar-refractivity contribution < 1.29 is 4.42 Å². The number of hydrogen-bond acceptors (Lipinski definition) is 6. The van der Waals surface area contributed by atoms with Gasteiger partial charge in [0.2, 0.25) is 5.89 Å². The predicted octanol–water partition coefficient (Wildman–Crippen LogP) is 2.29. The molecule has 19 heavy (non-hydrogen) atoms. The minimum atomic E-state index is 0.0540. The van der Waals surface area contributed by atoms with Crippen LogP contribution in [0.5, 0.6) is 0 Å². The average Bonchev–Trinajstić information content (AvgIpc) is 2.72. The zero-order chi connectivity index (χ0) is 14.1. The first-order valence-electron chi connectivity index (χ1n) is 6.71. The Labute approximate surface area is 119 Å². The monoisotopic (exact) mass is 284 g/mol. The SMILES string of the molecule is CC(C)(C)NCc1nnc(N2CCSC(C)(C)C2)o1. The summed E-state index contributed by atoms with van der Waals surface area (Å²) < 4.78 is 5.99. The molecule has 0 aliphatic carbocycles. The van der Waals surface area contributed by atoms with Gasteiger partial charge in [0, 0.05) is 29.1 Å². The van der Waals surface area contributed by atoms with Gasteiger partial charge in [-0.05, 0) is 34.6 Å². The minimum Gasteiger partial charge on any atom is -0.407 e. The van der Waals surface area contributed by atoms with E-state index in [1.807, 2.05) is 11.8 Å². The van der Waals surface area contributed by atoms with E-state index in [9.17, 15) is 0 Å². The number of nitrogens with one attached hydrogen (secondary N) is 1. The van der Waals surface area contributed by atoms with Crippen molar-refractivity contribution in [2.75, 3.05) is 23.7 Å². The van der Waals surface area contributed by atoms with Crippen molar-refractivity contribution in [3.05, 3.63) is 5.89 Å². The summed E-state index contributed by atoms with van der Waals surface area (Å²) >= 11 is 2.00. The fourth-order valence-electron chi connectivity index (χ4n) is 1.96. The van der Waals surface area contributed by atoms with E-state index in [2.05, 4.69) is 55.0 Å². The highest BCUT2D eigenvalue weighted by Crippen LogP contribution is 2.31. The number of hydrogen-bond donors (Lipinski definition) is 1. The lowest BCUT2D eigenvalue weighted by molar-refractivity contribution is 0.380. The highest BCUT2D eigenvalue weighted by Gasteiger charge is 2.29. The van der Waals surface area contributed by atoms with Crippen molar-refractivity contribution >= 4 is 17.8 Å². The van der Waals surface area contributed by atoms with E-state index >= 15 is 0 Å². The summed E-state index contributed by atoms with van der Waals surface area (Å²) in [6.45, 7) is 13.4. The Kier molecular flexibility index (Phi) is 4.11. The molecular weight excluding hydrogens is 260 g/mol. The molecule has 2 rings (SSSR count). The van der Waals surface area contributed by atoms with Gasteiger partial charge < -0.3 is 14.6 Å². The molecule has 0 atom stereocenters. The second-order valence-electron chi connectivity index (χ2n) is 6.61. The highest BCUT2D eigenvalue weighted by molar-refractivity contribution is 8.00. The first-order chi connectivity index (χ1) is 8.75. The summed E-state index contributed by atoms with van der Waals surface area (Å²) in [7, 11) is 0. The van der Waals surface area contributed by atoms with Crippen molar-refractivity contribution in [2.24, 2.45) is 0 Å². The van der Waals surface area contributed by atoms with Crippen molar-refractivity contribution in [3.8, 4) is 0 Å². The highest BCUT2D eigenvalue weighted by atomic mass is 32.2. The maximum absolute atomic E-state index is 5.74. The molecule has 5 nitrogen and oxygen atoms in total. The van der Waals surface area contributed by atoms with Gasteiger partial charge in [0.05, 0.1) is 6.54 Å². The summed E-state index contributed by atoms with van der Waals surface area (Å²) in [6.07, 6.45) is 0. The van der Waals surface area contributed by atoms with Crippen LogP contribution in [0.1, 0.15) is 40.5 Å². The molecule has 1 aromatic rings. The van der Waals surface area contributed by atoms with Gasteiger partial charge in [0.25, 0.3) is 0 Å². The third-order valence-electron chi connectivity index (χ3n) is 2.92. The molecule has 1 aliphatic heterocycles. The quantitative estimate of drug-likeness (QED) is 0.919. The molecule has 1 N–H and O–H groups in total. The molecule has 6 heteroatoms. The first kappa shape index (κ1) is 14.7. The van der Waals surface area contributed by atoms with Gasteiger partial charge in [-0.25, -0.2) is 0 Å². The summed E-state index contributed by atoms with van der Waals surface area (Å²) in [5.41, 5.74) is 0.0540. The summed E-state index contributed by atoms with van der Waals surface area (Å²) in [5.74, 6) is 1.76. The van der Waals surface area contributed by atoms with Gasteiger partial charge in [-0.1, -0.05) is 5.10 Å². The van der Waals surface area contributed by atoms with E-state index in [4.69, 9.17) is 4.42 Å². The van der Waals surface area contributed by atoms with Crippen LogP contribution in [0.4, 0.5) is 6.01 Å². The van der Waals surface area contributed by atoms with E-state index in [1.54, 1.807) is 0 Å². The van der Waals surface area contributed by atoms with Gasteiger partial charge in [-0.3, -0.25) is 0 Å². The average molecular weight is 284 g/mol. The smallest absolute Gasteiger partial charge is 0.318 e. The van der Waals surface area contributed by atoms with E-state index < -0.39 is 0 Å². The Hall–Kier alpha value is -0.750. The fraction of sp³-hybridized carbons (Fsp3) is 0.846. The fourth-order valence-corrected chi connectivity index (χ4v) is 3.08. The number of anilines is 1. The van der Waals surface area contributed by atoms with E-state index in [0.717, 1.165) is 18.8 Å². The molecule has 1 aromatic heterocycles. The lowest BCUT2D eigenvalue weighted by Gasteiger charge is -2.36. The van der Waals surface area contributed by atoms with Gasteiger partial charge >= 0.3 is 6.01 Å². The number of aromatic nitrogens is 2. The Morgan fingerprint density at radius 3 is 2.74 bits per heavy atom. The summed E-state index contributed by atoms with van der Waals surface area (Å²) in [6, 6.07) is 0.652. The van der Waals surface area contributed by atoms with Crippen LogP contribution in [0.2, 0.25) is 0 Å². The van der Waals surface area contributed by atoms with Crippen LogP contribution in [0.3, 0.4) is 0 Å². The second kappa shape index (κ2) is 5.32. The molecule has 0 unspecified atom stereocenters. The molecule has 108 valence electrons. The molecule has 0 aromatic carbocycles. The van der Waals surface area contributed by atoms with Crippen molar-refractivity contribution in [2.45, 2.75) is 51.4 Å². The van der Waals surface area contributed by atoms with Crippen LogP contribution in [-0.4, -0.2) is 39.3 Å². The molecule has 0 bridgehead atoms. The van der Waals surface area contributed by atoms with E-state index in [0.29, 0.717) is 18.5 Å². The lowest BCUT2D eigenvalue weighted by Crippen LogP contribution is -2.43. The molecule has 0 saturated carbocycles. The molecule has 1 saturated heterocycles. The standard InChI is InChI=1S/C13H24N4OS/c1-12(2,3)14-8-10-15-16-11(18-10)17-6-7-19-13(4,5)9-17/h14H,6-9H2,1-5H3. The van der Waals surface area contributed by atoms with Gasteiger partial charge in [0.15, 0.2) is 0 Å². The predicted molar refractivity (Wildman–Crippen MR) is 79.6 cm³/mol. The van der Waals surface area contributed by atoms with Crippen LogP contribution in [-0.2, 0) is 6.54 Å². The maximum atomic E-state index is 5.74. The van der Waals surface area contributed by atoms with E-state index in [1.165, 1.54) is 0 Å². The van der Waals surface area contributed by atoms with Crippen molar-refractivity contribution in [1.29, 1.82) is 0 Å². The number of nitrogens with zero attached hydrogens (tertiary/aromatic N) is 3. The number of thioether (sulfide) groups is 1. The Bertz CT molecular complexity index is 425. The largest absolute Gasteiger partial charge is 0.407 e. The van der Waals surface area contributed by atoms with Crippen LogP contribution >= 0.6 is 11.8 Å². The third kappa shape index (κ3) is 4.38. The molecule has 0 radical (unpaired) electrons. The summed E-state index contributed by atoms with van der Waals surface area (Å²) in [4.78, 5) is 2.18. The van der Waals surface area contributed by atoms with Crippen LogP contribution in [0, 0.1) is 0 Å². The molecule has 0 spiro atoms. The van der Waals surface area contributed by atoms with Gasteiger partial charge in [0.1, 0.15) is 0 Å². The van der Waals surface area contributed by atoms with E-state index in [-0.39, 0.29) is 10.3 Å². The topological polar surface area (TPSA) is 54.2 Å². The Morgan fingerprint density at radius 1 is 1.37 bits per heavy atom. The van der Waals surface area contributed by atoms with Gasteiger partial charge in [-0.2, -0.15) is 11.8 Å². The lowest BCUT2D eigenvalue weighted by atomic mass is 10.1. The Balaban J connectivity index is 1.97. The molecule has 0 amide bonds. The van der Waals surface area contributed by atoms with Crippen molar-refractivity contribution in [1.82, 2.24) is 15.5 Å². The maximum Gasteiger partial charge on any atom is 0.318 e. The minimum absolute atomic E-state index is 0.0540. The third-order valence-corrected chi connectivity index (χ3v) is 4.22. The van der Waals surface area contributed by atoms with Crippen LogP contribution < -0.4 is 10.2 Å². The molecule has 2 heterocycles. The summed E-state index contributed by atoms with van der Waals surface area (Å²) in [5, 5.41) is 11.6. The van der Waals surface area contributed by atoms with Crippen molar-refractivity contribution in [3.63, 3.8) is 0 Å². The van der Waals surface area contributed by atoms with Crippen LogP contribution in [0.25, 0.3) is 0 Å². The zero-order valence-corrected chi connectivity index (χ0v) is 13.3. The Morgan fingerprint density at radius 2 is 2.11 bits per heavy atom. The van der Waals surface area contributed by atoms with Crippen LogP contribution in [0.15, 0.2) is 4.42 Å². The normalized spacial score (nSPS) is 19.7. The molecule has 1 aliphatic rings. The first-order valence-corrected chi connectivity index (χ1v) is 7.70. The molecule has 1 fully saturated rings. The number of rotatable bonds is 3. The molecular formula is C13H24N4OS. The van der Waals surface area contributed by atoms with Gasteiger partial charge in [-0.15, -0.1) is 5.10 Å². The second-order valence-corrected chi connectivity index (χ2v) is 8.41. The zero-order valence-electron chi connectivity index (χ0n) is 12.5.